The summed E-state index contributed by atoms with van der Waals surface area (Å²) in [4.78, 5) is 4.71. The molecule has 166 valence electrons. The molecule has 0 amide bonds. The van der Waals surface area contributed by atoms with Crippen LogP contribution in [0.25, 0.3) is 0 Å². The number of aliphatic imine (C=N–C) groups is 1. The highest BCUT2D eigenvalue weighted by molar-refractivity contribution is 14.0. The molecule has 1 aromatic heterocycles. The molecule has 1 aromatic rings. The predicted molar refractivity (Wildman–Crippen MR) is 124 cm³/mol. The summed E-state index contributed by atoms with van der Waals surface area (Å²) in [5, 5.41) is 6.85. The number of hydrogen-bond acceptors (Lipinski definition) is 5. The van der Waals surface area contributed by atoms with Crippen molar-refractivity contribution in [1.29, 1.82) is 0 Å². The summed E-state index contributed by atoms with van der Waals surface area (Å²) in [6.07, 6.45) is 6.35. The normalized spacial score (nSPS) is 21.7. The van der Waals surface area contributed by atoms with Crippen LogP contribution in [-0.4, -0.2) is 69.4 Å². The summed E-state index contributed by atoms with van der Waals surface area (Å²) >= 11 is 0. The van der Waals surface area contributed by atoms with Crippen LogP contribution >= 0.6 is 24.0 Å². The van der Waals surface area contributed by atoms with Gasteiger partial charge < -0.3 is 19.8 Å². The van der Waals surface area contributed by atoms with Crippen LogP contribution in [0.2, 0.25) is 0 Å². The van der Waals surface area contributed by atoms with E-state index in [-0.39, 0.29) is 41.9 Å². The Morgan fingerprint density at radius 2 is 2.10 bits per heavy atom. The van der Waals surface area contributed by atoms with Crippen molar-refractivity contribution < 1.29 is 17.6 Å². The second-order valence-corrected chi connectivity index (χ2v) is 9.56. The molecule has 0 saturated carbocycles. The van der Waals surface area contributed by atoms with Crippen molar-refractivity contribution in [3.8, 4) is 0 Å². The molecule has 0 spiro atoms. The van der Waals surface area contributed by atoms with Crippen molar-refractivity contribution in [3.05, 3.63) is 24.2 Å². The van der Waals surface area contributed by atoms with Crippen LogP contribution in [0.3, 0.4) is 0 Å². The average molecular weight is 540 g/mol. The van der Waals surface area contributed by atoms with Crippen molar-refractivity contribution in [2.75, 3.05) is 38.5 Å². The maximum Gasteiger partial charge on any atom is 0.213 e. The van der Waals surface area contributed by atoms with Gasteiger partial charge >= 0.3 is 0 Å². The Morgan fingerprint density at radius 3 is 2.72 bits per heavy atom. The van der Waals surface area contributed by atoms with Crippen LogP contribution in [0.5, 0.6) is 0 Å². The molecule has 1 atom stereocenters. The molecule has 2 N–H and O–H groups in total. The molecule has 1 unspecified atom stereocenters. The predicted octanol–water partition coefficient (Wildman–Crippen LogP) is 1.97. The maximum atomic E-state index is 12.0. The van der Waals surface area contributed by atoms with Gasteiger partial charge in [0, 0.05) is 38.7 Å². The van der Waals surface area contributed by atoms with E-state index in [0.29, 0.717) is 26.2 Å². The Balaban J connectivity index is 0.00000300. The molecule has 2 aliphatic heterocycles. The minimum Gasteiger partial charge on any atom is -0.469 e. The standard InChI is InChI=1S/C19H32N4O4S.HI/c1-2-28(24,25)23-11-8-16(9-12-23)22-19(21-15-18-6-4-14-27-18)20-10-7-17-5-3-13-26-17;/h3,5,13,16,18H,2,4,6-12,14-15H2,1H3,(H2,20,21,22);1H. The molecule has 0 aliphatic carbocycles. The second-order valence-electron chi connectivity index (χ2n) is 7.30. The van der Waals surface area contributed by atoms with Crippen molar-refractivity contribution in [3.63, 3.8) is 0 Å². The smallest absolute Gasteiger partial charge is 0.213 e. The molecule has 10 heteroatoms. The van der Waals surface area contributed by atoms with Crippen LogP contribution in [0.15, 0.2) is 27.8 Å². The molecule has 3 rings (SSSR count). The third-order valence-electron chi connectivity index (χ3n) is 5.27. The number of ether oxygens (including phenoxy) is 1. The molecule has 2 saturated heterocycles. The van der Waals surface area contributed by atoms with Gasteiger partial charge in [0.2, 0.25) is 10.0 Å². The number of rotatable bonds is 8. The van der Waals surface area contributed by atoms with Gasteiger partial charge in [0.1, 0.15) is 5.76 Å². The van der Waals surface area contributed by atoms with E-state index in [9.17, 15) is 8.42 Å². The highest BCUT2D eigenvalue weighted by Gasteiger charge is 2.27. The third kappa shape index (κ3) is 7.72. The maximum absolute atomic E-state index is 12.0. The lowest BCUT2D eigenvalue weighted by Crippen LogP contribution is -2.50. The monoisotopic (exact) mass is 540 g/mol. The van der Waals surface area contributed by atoms with Gasteiger partial charge in [-0.1, -0.05) is 0 Å². The van der Waals surface area contributed by atoms with E-state index in [4.69, 9.17) is 14.1 Å². The number of nitrogens with zero attached hydrogens (tertiary/aromatic N) is 2. The summed E-state index contributed by atoms with van der Waals surface area (Å²) in [7, 11) is -3.10. The van der Waals surface area contributed by atoms with Gasteiger partial charge in [0.15, 0.2) is 5.96 Å². The van der Waals surface area contributed by atoms with E-state index in [1.165, 1.54) is 0 Å². The first-order chi connectivity index (χ1) is 13.6. The van der Waals surface area contributed by atoms with Crippen molar-refractivity contribution in [2.45, 2.75) is 51.2 Å². The van der Waals surface area contributed by atoms with Gasteiger partial charge in [0.05, 0.1) is 24.7 Å². The van der Waals surface area contributed by atoms with E-state index in [0.717, 1.165) is 50.4 Å². The summed E-state index contributed by atoms with van der Waals surface area (Å²) in [6, 6.07) is 4.06. The van der Waals surface area contributed by atoms with E-state index in [1.54, 1.807) is 17.5 Å². The zero-order valence-corrected chi connectivity index (χ0v) is 20.2. The first-order valence-electron chi connectivity index (χ1n) is 10.2. The molecular formula is C19H33IN4O4S. The van der Waals surface area contributed by atoms with Gasteiger partial charge in [-0.2, -0.15) is 0 Å². The molecule has 0 radical (unpaired) electrons. The number of sulfonamides is 1. The Hall–Kier alpha value is -0.850. The van der Waals surface area contributed by atoms with Gasteiger partial charge in [-0.25, -0.2) is 12.7 Å². The molecular weight excluding hydrogens is 507 g/mol. The number of piperidine rings is 1. The first kappa shape index (κ1) is 24.4. The number of furan rings is 1. The van der Waals surface area contributed by atoms with Crippen LogP contribution in [0.1, 0.15) is 38.4 Å². The lowest BCUT2D eigenvalue weighted by molar-refractivity contribution is 0.117. The Bertz CT molecular complexity index is 713. The van der Waals surface area contributed by atoms with E-state index >= 15 is 0 Å². The third-order valence-corrected chi connectivity index (χ3v) is 7.16. The second kappa shape index (κ2) is 12.1. The number of guanidine groups is 1. The van der Waals surface area contributed by atoms with Gasteiger partial charge in [-0.3, -0.25) is 4.99 Å². The SMILES string of the molecule is CCS(=O)(=O)N1CCC(NC(=NCC2CCCO2)NCCc2ccco2)CC1.I. The largest absolute Gasteiger partial charge is 0.469 e. The summed E-state index contributed by atoms with van der Waals surface area (Å²) in [6.45, 7) is 4.98. The summed E-state index contributed by atoms with van der Waals surface area (Å²) in [5.41, 5.74) is 0. The topological polar surface area (TPSA) is 96.2 Å². The van der Waals surface area contributed by atoms with Crippen molar-refractivity contribution in [2.24, 2.45) is 4.99 Å². The van der Waals surface area contributed by atoms with Crippen LogP contribution in [0, 0.1) is 0 Å². The molecule has 8 nitrogen and oxygen atoms in total. The lowest BCUT2D eigenvalue weighted by atomic mass is 10.1. The highest BCUT2D eigenvalue weighted by Crippen LogP contribution is 2.15. The first-order valence-corrected chi connectivity index (χ1v) is 11.8. The Morgan fingerprint density at radius 1 is 1.31 bits per heavy atom. The Kier molecular flexibility index (Phi) is 10.2. The molecule has 3 heterocycles. The molecule has 2 aliphatic rings. The number of hydrogen-bond donors (Lipinski definition) is 2. The van der Waals surface area contributed by atoms with Crippen LogP contribution < -0.4 is 10.6 Å². The lowest BCUT2D eigenvalue weighted by Gasteiger charge is -2.32. The zero-order valence-electron chi connectivity index (χ0n) is 17.0. The number of halogens is 1. The zero-order chi connectivity index (χ0) is 19.8. The van der Waals surface area contributed by atoms with E-state index in [2.05, 4.69) is 10.6 Å². The summed E-state index contributed by atoms with van der Waals surface area (Å²) < 4.78 is 36.7. The van der Waals surface area contributed by atoms with Crippen molar-refractivity contribution >= 4 is 40.0 Å². The minimum atomic E-state index is -3.10. The van der Waals surface area contributed by atoms with Gasteiger partial charge in [-0.15, -0.1) is 24.0 Å². The highest BCUT2D eigenvalue weighted by atomic mass is 127. The molecule has 29 heavy (non-hydrogen) atoms. The molecule has 0 bridgehead atoms. The van der Waals surface area contributed by atoms with E-state index < -0.39 is 10.0 Å². The quantitative estimate of drug-likeness (QED) is 0.298. The van der Waals surface area contributed by atoms with Crippen molar-refractivity contribution in [1.82, 2.24) is 14.9 Å². The molecule has 2 fully saturated rings. The minimum absolute atomic E-state index is 0. The van der Waals surface area contributed by atoms with Gasteiger partial charge in [0.25, 0.3) is 0 Å². The average Bonchev–Trinajstić information content (AvgIpc) is 3.40. The number of nitrogens with one attached hydrogen (secondary N) is 2. The molecule has 0 aromatic carbocycles. The van der Waals surface area contributed by atoms with Crippen LogP contribution in [-0.2, 0) is 21.2 Å². The van der Waals surface area contributed by atoms with E-state index in [1.807, 2.05) is 12.1 Å². The summed E-state index contributed by atoms with van der Waals surface area (Å²) in [5.74, 6) is 1.86. The fraction of sp³-hybridized carbons (Fsp3) is 0.737. The van der Waals surface area contributed by atoms with Crippen LogP contribution in [0.4, 0.5) is 0 Å². The van der Waals surface area contributed by atoms with Gasteiger partial charge in [-0.05, 0) is 44.7 Å². The fourth-order valence-electron chi connectivity index (χ4n) is 3.55. The fourth-order valence-corrected chi connectivity index (χ4v) is 4.68. The Labute approximate surface area is 190 Å².